The van der Waals surface area contributed by atoms with Crippen LogP contribution in [-0.4, -0.2) is 16.1 Å². The van der Waals surface area contributed by atoms with Crippen LogP contribution in [0.4, 0.5) is 0 Å². The monoisotopic (exact) mass is 307 g/mol. The van der Waals surface area contributed by atoms with E-state index < -0.39 is 0 Å². The summed E-state index contributed by atoms with van der Waals surface area (Å²) >= 11 is 0. The van der Waals surface area contributed by atoms with Gasteiger partial charge in [-0.15, -0.1) is 10.2 Å². The average Bonchev–Trinajstić information content (AvgIpc) is 3.00. The standard InChI is InChI=1S/C18H17N3O2/c1-12-5-3-4-6-16(12)11-19-17(22)14-7-9-15(10-8-14)18-21-20-13(2)23-18/h3-10H,11H2,1-2H3,(H,19,22). The third-order valence-electron chi connectivity index (χ3n) is 3.62. The highest BCUT2D eigenvalue weighted by Gasteiger charge is 2.09. The molecule has 0 aliphatic heterocycles. The van der Waals surface area contributed by atoms with Gasteiger partial charge in [-0.1, -0.05) is 24.3 Å². The second-order valence-corrected chi connectivity index (χ2v) is 5.31. The van der Waals surface area contributed by atoms with Crippen molar-refractivity contribution >= 4 is 5.91 Å². The Kier molecular flexibility index (Phi) is 4.19. The van der Waals surface area contributed by atoms with Crippen LogP contribution >= 0.6 is 0 Å². The van der Waals surface area contributed by atoms with Crippen molar-refractivity contribution in [2.75, 3.05) is 0 Å². The van der Waals surface area contributed by atoms with E-state index in [1.807, 2.05) is 31.2 Å². The van der Waals surface area contributed by atoms with E-state index in [-0.39, 0.29) is 5.91 Å². The molecule has 1 aromatic heterocycles. The van der Waals surface area contributed by atoms with Gasteiger partial charge in [0.25, 0.3) is 5.91 Å². The molecule has 0 bridgehead atoms. The van der Waals surface area contributed by atoms with Crippen molar-refractivity contribution in [1.82, 2.24) is 15.5 Å². The Bertz CT molecular complexity index is 822. The first-order valence-electron chi connectivity index (χ1n) is 7.37. The van der Waals surface area contributed by atoms with Crippen LogP contribution in [0.5, 0.6) is 0 Å². The number of rotatable bonds is 4. The summed E-state index contributed by atoms with van der Waals surface area (Å²) in [5.41, 5.74) is 3.66. The summed E-state index contributed by atoms with van der Waals surface area (Å²) in [7, 11) is 0. The van der Waals surface area contributed by atoms with E-state index in [1.54, 1.807) is 31.2 Å². The molecule has 2 aromatic carbocycles. The molecule has 0 saturated heterocycles. The molecule has 1 amide bonds. The van der Waals surface area contributed by atoms with E-state index in [4.69, 9.17) is 4.42 Å². The molecule has 1 heterocycles. The molecular formula is C18H17N3O2. The van der Waals surface area contributed by atoms with Crippen LogP contribution in [0.1, 0.15) is 27.4 Å². The smallest absolute Gasteiger partial charge is 0.251 e. The largest absolute Gasteiger partial charge is 0.421 e. The van der Waals surface area contributed by atoms with Gasteiger partial charge in [0.2, 0.25) is 11.8 Å². The summed E-state index contributed by atoms with van der Waals surface area (Å²) in [5.74, 6) is 0.857. The van der Waals surface area contributed by atoms with Gasteiger partial charge in [-0.2, -0.15) is 0 Å². The third kappa shape index (κ3) is 3.45. The Hall–Kier alpha value is -2.95. The van der Waals surface area contributed by atoms with Crippen LogP contribution in [0.25, 0.3) is 11.5 Å². The van der Waals surface area contributed by atoms with Gasteiger partial charge in [-0.3, -0.25) is 4.79 Å². The minimum Gasteiger partial charge on any atom is -0.421 e. The molecule has 0 radical (unpaired) electrons. The Morgan fingerprint density at radius 1 is 1.04 bits per heavy atom. The fourth-order valence-electron chi connectivity index (χ4n) is 2.26. The van der Waals surface area contributed by atoms with Crippen LogP contribution in [-0.2, 0) is 6.54 Å². The highest BCUT2D eigenvalue weighted by atomic mass is 16.4. The summed E-state index contributed by atoms with van der Waals surface area (Å²) < 4.78 is 5.37. The lowest BCUT2D eigenvalue weighted by Gasteiger charge is -2.08. The second kappa shape index (κ2) is 6.44. The predicted octanol–water partition coefficient (Wildman–Crippen LogP) is 3.28. The van der Waals surface area contributed by atoms with Gasteiger partial charge in [0.15, 0.2) is 0 Å². The molecule has 5 heteroatoms. The van der Waals surface area contributed by atoms with E-state index in [9.17, 15) is 4.79 Å². The van der Waals surface area contributed by atoms with Crippen molar-refractivity contribution < 1.29 is 9.21 Å². The number of carbonyl (C=O) groups excluding carboxylic acids is 1. The van der Waals surface area contributed by atoms with E-state index >= 15 is 0 Å². The number of aromatic nitrogens is 2. The summed E-state index contributed by atoms with van der Waals surface area (Å²) in [5, 5.41) is 10.7. The quantitative estimate of drug-likeness (QED) is 0.803. The molecule has 116 valence electrons. The molecule has 0 saturated carbocycles. The molecule has 0 aliphatic rings. The van der Waals surface area contributed by atoms with Crippen LogP contribution in [0.2, 0.25) is 0 Å². The number of benzene rings is 2. The highest BCUT2D eigenvalue weighted by Crippen LogP contribution is 2.18. The maximum Gasteiger partial charge on any atom is 0.251 e. The van der Waals surface area contributed by atoms with Gasteiger partial charge in [0.1, 0.15) is 0 Å². The van der Waals surface area contributed by atoms with E-state index in [0.717, 1.165) is 16.7 Å². The van der Waals surface area contributed by atoms with Crippen LogP contribution < -0.4 is 5.32 Å². The van der Waals surface area contributed by atoms with Crippen molar-refractivity contribution in [3.05, 3.63) is 71.1 Å². The minimum atomic E-state index is -0.110. The van der Waals surface area contributed by atoms with Gasteiger partial charge in [-0.05, 0) is 42.3 Å². The van der Waals surface area contributed by atoms with Crippen LogP contribution in [0, 0.1) is 13.8 Å². The van der Waals surface area contributed by atoms with Crippen molar-refractivity contribution in [2.45, 2.75) is 20.4 Å². The lowest BCUT2D eigenvalue weighted by molar-refractivity contribution is 0.0951. The second-order valence-electron chi connectivity index (χ2n) is 5.31. The summed E-state index contributed by atoms with van der Waals surface area (Å²) in [6.07, 6.45) is 0. The first-order chi connectivity index (χ1) is 11.1. The zero-order chi connectivity index (χ0) is 16.2. The fourth-order valence-corrected chi connectivity index (χ4v) is 2.26. The van der Waals surface area contributed by atoms with Crippen LogP contribution in [0.15, 0.2) is 52.9 Å². The zero-order valence-corrected chi connectivity index (χ0v) is 13.0. The Labute approximate surface area is 134 Å². The van der Waals surface area contributed by atoms with Crippen molar-refractivity contribution in [2.24, 2.45) is 0 Å². The van der Waals surface area contributed by atoms with Gasteiger partial charge < -0.3 is 9.73 Å². The minimum absolute atomic E-state index is 0.110. The Morgan fingerprint density at radius 2 is 1.78 bits per heavy atom. The first kappa shape index (κ1) is 15.0. The van der Waals surface area contributed by atoms with Gasteiger partial charge in [-0.25, -0.2) is 0 Å². The SMILES string of the molecule is Cc1nnc(-c2ccc(C(=O)NCc3ccccc3C)cc2)o1. The fraction of sp³-hybridized carbons (Fsp3) is 0.167. The maximum atomic E-state index is 12.2. The number of aryl methyl sites for hydroxylation is 2. The summed E-state index contributed by atoms with van der Waals surface area (Å²) in [6, 6.07) is 15.1. The molecule has 0 unspecified atom stereocenters. The molecule has 0 spiro atoms. The molecule has 23 heavy (non-hydrogen) atoms. The van der Waals surface area contributed by atoms with E-state index in [0.29, 0.717) is 23.9 Å². The molecule has 3 rings (SSSR count). The molecular weight excluding hydrogens is 290 g/mol. The maximum absolute atomic E-state index is 12.2. The number of amides is 1. The third-order valence-corrected chi connectivity index (χ3v) is 3.62. The molecule has 3 aromatic rings. The van der Waals surface area contributed by atoms with Crippen LogP contribution in [0.3, 0.4) is 0 Å². The van der Waals surface area contributed by atoms with Gasteiger partial charge in [0, 0.05) is 24.6 Å². The zero-order valence-electron chi connectivity index (χ0n) is 13.0. The van der Waals surface area contributed by atoms with Gasteiger partial charge >= 0.3 is 0 Å². The lowest BCUT2D eigenvalue weighted by Crippen LogP contribution is -2.23. The van der Waals surface area contributed by atoms with Crippen molar-refractivity contribution in [3.63, 3.8) is 0 Å². The molecule has 0 atom stereocenters. The number of hydrogen-bond acceptors (Lipinski definition) is 4. The summed E-state index contributed by atoms with van der Waals surface area (Å²) in [6.45, 7) is 4.28. The van der Waals surface area contributed by atoms with Crippen molar-refractivity contribution in [1.29, 1.82) is 0 Å². The Balaban J connectivity index is 1.67. The number of nitrogens with zero attached hydrogens (tertiary/aromatic N) is 2. The summed E-state index contributed by atoms with van der Waals surface area (Å²) in [4.78, 5) is 12.2. The first-order valence-corrected chi connectivity index (χ1v) is 7.37. The number of hydrogen-bond donors (Lipinski definition) is 1. The lowest BCUT2D eigenvalue weighted by atomic mass is 10.1. The molecule has 5 nitrogen and oxygen atoms in total. The van der Waals surface area contributed by atoms with E-state index in [2.05, 4.69) is 15.5 Å². The normalized spacial score (nSPS) is 10.5. The van der Waals surface area contributed by atoms with E-state index in [1.165, 1.54) is 0 Å². The predicted molar refractivity (Wildman–Crippen MR) is 86.8 cm³/mol. The number of nitrogens with one attached hydrogen (secondary N) is 1. The highest BCUT2D eigenvalue weighted by molar-refractivity contribution is 5.94. The molecule has 1 N–H and O–H groups in total. The molecule has 0 fully saturated rings. The number of carbonyl (C=O) groups is 1. The molecule has 0 aliphatic carbocycles. The Morgan fingerprint density at radius 3 is 2.43 bits per heavy atom. The average molecular weight is 307 g/mol. The topological polar surface area (TPSA) is 68.0 Å². The van der Waals surface area contributed by atoms with Crippen molar-refractivity contribution in [3.8, 4) is 11.5 Å². The van der Waals surface area contributed by atoms with Gasteiger partial charge in [0.05, 0.1) is 0 Å².